The van der Waals surface area contributed by atoms with Crippen molar-refractivity contribution in [1.82, 2.24) is 10.2 Å². The molecule has 0 amide bonds. The van der Waals surface area contributed by atoms with Gasteiger partial charge in [-0.2, -0.15) is 0 Å². The number of likely N-dealkylation sites (N-methyl/N-ethyl adjacent to an activating group) is 1. The molecule has 1 aliphatic carbocycles. The number of morpholine rings is 1. The van der Waals surface area contributed by atoms with Crippen LogP contribution in [0.3, 0.4) is 0 Å². The number of nitrogens with zero attached hydrogens (tertiary/aromatic N) is 1. The number of ether oxygens (including phenoxy) is 1. The van der Waals surface area contributed by atoms with E-state index in [2.05, 4.69) is 31.1 Å². The van der Waals surface area contributed by atoms with E-state index in [4.69, 9.17) is 4.74 Å². The van der Waals surface area contributed by atoms with Gasteiger partial charge in [-0.15, -0.1) is 0 Å². The van der Waals surface area contributed by atoms with Crippen molar-refractivity contribution in [2.24, 2.45) is 5.92 Å². The molecule has 0 spiro atoms. The van der Waals surface area contributed by atoms with Crippen molar-refractivity contribution in [3.8, 4) is 0 Å². The van der Waals surface area contributed by atoms with E-state index in [1.807, 2.05) is 0 Å². The van der Waals surface area contributed by atoms with Crippen LogP contribution in [0.25, 0.3) is 0 Å². The molecule has 3 heteroatoms. The average molecular weight is 240 g/mol. The molecule has 1 N–H and O–H groups in total. The number of hydrogen-bond donors (Lipinski definition) is 1. The van der Waals surface area contributed by atoms with Gasteiger partial charge < -0.3 is 10.1 Å². The lowest BCUT2D eigenvalue weighted by Gasteiger charge is -2.41. The highest BCUT2D eigenvalue weighted by Crippen LogP contribution is 2.28. The van der Waals surface area contributed by atoms with Crippen LogP contribution >= 0.6 is 0 Å². The molecular formula is C14H28N2O. The quantitative estimate of drug-likeness (QED) is 0.815. The van der Waals surface area contributed by atoms with Gasteiger partial charge >= 0.3 is 0 Å². The highest BCUT2D eigenvalue weighted by molar-refractivity contribution is 4.85. The first-order valence-corrected chi connectivity index (χ1v) is 7.22. The first kappa shape index (κ1) is 13.3. The highest BCUT2D eigenvalue weighted by Gasteiger charge is 2.29. The summed E-state index contributed by atoms with van der Waals surface area (Å²) in [6.07, 6.45) is 5.88. The van der Waals surface area contributed by atoms with Crippen LogP contribution in [0.15, 0.2) is 0 Å². The minimum atomic E-state index is 0.369. The molecule has 0 aromatic carbocycles. The average Bonchev–Trinajstić information content (AvgIpc) is 2.39. The van der Waals surface area contributed by atoms with Crippen LogP contribution in [0.1, 0.15) is 39.5 Å². The zero-order chi connectivity index (χ0) is 12.3. The Labute approximate surface area is 106 Å². The Morgan fingerprint density at radius 2 is 1.94 bits per heavy atom. The van der Waals surface area contributed by atoms with Crippen LogP contribution in [-0.4, -0.2) is 49.8 Å². The minimum absolute atomic E-state index is 0.369. The second kappa shape index (κ2) is 6.17. The van der Waals surface area contributed by atoms with Crippen LogP contribution in [0.2, 0.25) is 0 Å². The fraction of sp³-hybridized carbons (Fsp3) is 1.00. The maximum absolute atomic E-state index is 5.87. The molecule has 17 heavy (non-hydrogen) atoms. The molecule has 100 valence electrons. The van der Waals surface area contributed by atoms with Crippen LogP contribution in [0.4, 0.5) is 0 Å². The van der Waals surface area contributed by atoms with E-state index < -0.39 is 0 Å². The topological polar surface area (TPSA) is 24.5 Å². The molecular weight excluding hydrogens is 212 g/mol. The predicted octanol–water partition coefficient (Wildman–Crippen LogP) is 1.87. The second-order valence-electron chi connectivity index (χ2n) is 5.93. The molecule has 2 atom stereocenters. The van der Waals surface area contributed by atoms with Gasteiger partial charge in [0.25, 0.3) is 0 Å². The fourth-order valence-corrected chi connectivity index (χ4v) is 3.14. The van der Waals surface area contributed by atoms with Gasteiger partial charge in [-0.3, -0.25) is 4.90 Å². The van der Waals surface area contributed by atoms with E-state index in [1.165, 1.54) is 25.7 Å². The van der Waals surface area contributed by atoms with Crippen LogP contribution < -0.4 is 5.32 Å². The van der Waals surface area contributed by atoms with Crippen molar-refractivity contribution >= 4 is 0 Å². The zero-order valence-electron chi connectivity index (χ0n) is 11.6. The summed E-state index contributed by atoms with van der Waals surface area (Å²) < 4.78 is 5.87. The molecule has 2 fully saturated rings. The Hall–Kier alpha value is -0.120. The molecule has 1 heterocycles. The maximum atomic E-state index is 5.87. The largest absolute Gasteiger partial charge is 0.374 e. The summed E-state index contributed by atoms with van der Waals surface area (Å²) in [6, 6.07) is 1.30. The molecule has 1 saturated carbocycles. The molecule has 0 bridgehead atoms. The smallest absolute Gasteiger partial charge is 0.0852 e. The lowest BCUT2D eigenvalue weighted by molar-refractivity contribution is -0.0344. The van der Waals surface area contributed by atoms with E-state index in [-0.39, 0.29) is 0 Å². The summed E-state index contributed by atoms with van der Waals surface area (Å²) in [6.45, 7) is 7.58. The lowest BCUT2D eigenvalue weighted by Crippen LogP contribution is -2.52. The van der Waals surface area contributed by atoms with E-state index in [0.717, 1.165) is 31.7 Å². The third-order valence-corrected chi connectivity index (χ3v) is 4.70. The predicted molar refractivity (Wildman–Crippen MR) is 71.3 cm³/mol. The first-order valence-electron chi connectivity index (χ1n) is 7.22. The van der Waals surface area contributed by atoms with Gasteiger partial charge in [-0.1, -0.05) is 6.92 Å². The van der Waals surface area contributed by atoms with Gasteiger partial charge in [0.1, 0.15) is 0 Å². The molecule has 1 saturated heterocycles. The molecule has 2 aliphatic rings. The van der Waals surface area contributed by atoms with E-state index >= 15 is 0 Å². The Balaban J connectivity index is 1.83. The molecule has 1 aliphatic heterocycles. The number of rotatable bonds is 3. The molecule has 0 aromatic rings. The van der Waals surface area contributed by atoms with Crippen molar-refractivity contribution in [2.75, 3.05) is 26.7 Å². The highest BCUT2D eigenvalue weighted by atomic mass is 16.5. The zero-order valence-corrected chi connectivity index (χ0v) is 11.6. The maximum Gasteiger partial charge on any atom is 0.0852 e. The summed E-state index contributed by atoms with van der Waals surface area (Å²) >= 11 is 0. The summed E-state index contributed by atoms with van der Waals surface area (Å²) in [5.41, 5.74) is 0. The van der Waals surface area contributed by atoms with E-state index in [9.17, 15) is 0 Å². The number of hydrogen-bond acceptors (Lipinski definition) is 3. The van der Waals surface area contributed by atoms with Crippen molar-refractivity contribution < 1.29 is 4.74 Å². The van der Waals surface area contributed by atoms with Crippen molar-refractivity contribution in [1.29, 1.82) is 0 Å². The van der Waals surface area contributed by atoms with Gasteiger partial charge in [-0.05, 0) is 45.6 Å². The first-order chi connectivity index (χ1) is 8.18. The summed E-state index contributed by atoms with van der Waals surface area (Å²) in [5, 5.41) is 3.43. The second-order valence-corrected chi connectivity index (χ2v) is 5.93. The SMILES string of the molecule is CC1CCC(N(C)C(C)C2CNCCO2)CC1. The normalized spacial score (nSPS) is 37.1. The molecule has 0 aromatic heterocycles. The van der Waals surface area contributed by atoms with Crippen molar-refractivity contribution in [3.63, 3.8) is 0 Å². The minimum Gasteiger partial charge on any atom is -0.374 e. The summed E-state index contributed by atoms with van der Waals surface area (Å²) in [7, 11) is 2.28. The van der Waals surface area contributed by atoms with Gasteiger partial charge in [0.15, 0.2) is 0 Å². The van der Waals surface area contributed by atoms with Crippen molar-refractivity contribution in [2.45, 2.75) is 57.7 Å². The van der Waals surface area contributed by atoms with Crippen molar-refractivity contribution in [3.05, 3.63) is 0 Å². The lowest BCUT2D eigenvalue weighted by atomic mass is 9.86. The van der Waals surface area contributed by atoms with Gasteiger partial charge in [-0.25, -0.2) is 0 Å². The number of nitrogens with one attached hydrogen (secondary N) is 1. The summed E-state index contributed by atoms with van der Waals surface area (Å²) in [5.74, 6) is 0.933. The third kappa shape index (κ3) is 3.43. The fourth-order valence-electron chi connectivity index (χ4n) is 3.14. The molecule has 2 rings (SSSR count). The van der Waals surface area contributed by atoms with Gasteiger partial charge in [0.2, 0.25) is 0 Å². The van der Waals surface area contributed by atoms with E-state index in [0.29, 0.717) is 12.1 Å². The van der Waals surface area contributed by atoms with Crippen LogP contribution in [0.5, 0.6) is 0 Å². The van der Waals surface area contributed by atoms with E-state index in [1.54, 1.807) is 0 Å². The Kier molecular flexibility index (Phi) is 4.83. The van der Waals surface area contributed by atoms with Gasteiger partial charge in [0.05, 0.1) is 12.7 Å². The Bertz CT molecular complexity index is 220. The third-order valence-electron chi connectivity index (χ3n) is 4.70. The molecule has 0 radical (unpaired) electrons. The monoisotopic (exact) mass is 240 g/mol. The Morgan fingerprint density at radius 3 is 2.53 bits per heavy atom. The standard InChI is InChI=1S/C14H28N2O/c1-11-4-6-13(7-5-11)16(3)12(2)14-10-15-8-9-17-14/h11-15H,4-10H2,1-3H3. The molecule has 2 unspecified atom stereocenters. The Morgan fingerprint density at radius 1 is 1.24 bits per heavy atom. The van der Waals surface area contributed by atoms with Gasteiger partial charge in [0, 0.05) is 25.2 Å². The molecule has 3 nitrogen and oxygen atoms in total. The van der Waals surface area contributed by atoms with Crippen LogP contribution in [-0.2, 0) is 4.74 Å². The summed E-state index contributed by atoms with van der Waals surface area (Å²) in [4.78, 5) is 2.56. The van der Waals surface area contributed by atoms with Crippen LogP contribution in [0, 0.1) is 5.92 Å².